The van der Waals surface area contributed by atoms with Crippen molar-refractivity contribution in [2.75, 3.05) is 12.9 Å². The molecule has 8 heteroatoms. The number of sulfonamides is 1. The van der Waals surface area contributed by atoms with Gasteiger partial charge in [0.05, 0.1) is 19.2 Å². The average molecular weight is 261 g/mol. The first-order valence-corrected chi connectivity index (χ1v) is 6.68. The van der Waals surface area contributed by atoms with Crippen LogP contribution in [0, 0.1) is 0 Å². The molecule has 0 saturated heterocycles. The lowest BCUT2D eigenvalue weighted by atomic mass is 10.2. The predicted molar refractivity (Wildman–Crippen MR) is 60.7 cm³/mol. The Hall–Kier alpha value is -1.41. The van der Waals surface area contributed by atoms with Crippen molar-refractivity contribution in [2.24, 2.45) is 0 Å². The van der Waals surface area contributed by atoms with Crippen molar-refractivity contribution >= 4 is 16.0 Å². The summed E-state index contributed by atoms with van der Waals surface area (Å²) >= 11 is 0. The summed E-state index contributed by atoms with van der Waals surface area (Å²) in [4.78, 5) is 18.0. The van der Waals surface area contributed by atoms with Gasteiger partial charge in [-0.25, -0.2) is 18.1 Å². The second-order valence-electron chi connectivity index (χ2n) is 3.38. The van der Waals surface area contributed by atoms with Crippen molar-refractivity contribution in [3.63, 3.8) is 0 Å². The molecular weight excluding hydrogens is 246 g/mol. The predicted octanol–water partition coefficient (Wildman–Crippen LogP) is -0.567. The molecule has 0 fully saturated rings. The van der Waals surface area contributed by atoms with E-state index in [1.165, 1.54) is 26.6 Å². The minimum Gasteiger partial charge on any atom is -0.468 e. The van der Waals surface area contributed by atoms with E-state index in [-0.39, 0.29) is 12.2 Å². The van der Waals surface area contributed by atoms with Crippen molar-refractivity contribution in [2.45, 2.75) is 19.4 Å². The van der Waals surface area contributed by atoms with Crippen LogP contribution < -0.4 is 4.72 Å². The lowest BCUT2D eigenvalue weighted by Gasteiger charge is -2.14. The number of hydrogen-bond donors (Lipinski definition) is 2. The summed E-state index contributed by atoms with van der Waals surface area (Å²) < 4.78 is 29.7. The van der Waals surface area contributed by atoms with E-state index in [1.54, 1.807) is 0 Å². The molecule has 0 aliphatic heterocycles. The fraction of sp³-hybridized carbons (Fsp3) is 0.556. The first-order chi connectivity index (χ1) is 7.98. The Morgan fingerprint density at radius 1 is 1.65 bits per heavy atom. The summed E-state index contributed by atoms with van der Waals surface area (Å²) in [6.07, 6.45) is 3.15. The number of aromatic amines is 1. The van der Waals surface area contributed by atoms with Gasteiger partial charge in [0, 0.05) is 18.3 Å². The number of carbonyl (C=O) groups is 1. The van der Waals surface area contributed by atoms with Crippen molar-refractivity contribution in [1.82, 2.24) is 14.7 Å². The van der Waals surface area contributed by atoms with E-state index in [9.17, 15) is 13.2 Å². The van der Waals surface area contributed by atoms with Gasteiger partial charge in [-0.1, -0.05) is 0 Å². The number of rotatable bonds is 6. The van der Waals surface area contributed by atoms with Crippen molar-refractivity contribution in [1.29, 1.82) is 0 Å². The Balaban J connectivity index is 2.78. The Bertz CT molecular complexity index is 455. The number of esters is 1. The van der Waals surface area contributed by atoms with Gasteiger partial charge in [0.2, 0.25) is 10.0 Å². The molecule has 1 aromatic rings. The fourth-order valence-electron chi connectivity index (χ4n) is 1.23. The number of hydrogen-bond acceptors (Lipinski definition) is 5. The first kappa shape index (κ1) is 13.7. The molecule has 0 saturated carbocycles. The molecular formula is C9H15N3O4S. The summed E-state index contributed by atoms with van der Waals surface area (Å²) in [6, 6.07) is -0.939. The third-order valence-electron chi connectivity index (χ3n) is 2.17. The molecule has 1 aromatic heterocycles. The molecule has 1 heterocycles. The molecule has 96 valence electrons. The number of carbonyl (C=O) groups excluding carboxylic acids is 1. The molecule has 0 aliphatic rings. The molecule has 0 spiro atoms. The van der Waals surface area contributed by atoms with Crippen molar-refractivity contribution in [3.05, 3.63) is 18.2 Å². The highest BCUT2D eigenvalue weighted by molar-refractivity contribution is 7.89. The third-order valence-corrected chi connectivity index (χ3v) is 3.57. The topological polar surface area (TPSA) is 101 Å². The largest absolute Gasteiger partial charge is 0.468 e. The van der Waals surface area contributed by atoms with E-state index in [4.69, 9.17) is 0 Å². The van der Waals surface area contributed by atoms with E-state index in [2.05, 4.69) is 19.4 Å². The zero-order chi connectivity index (χ0) is 12.9. The smallest absolute Gasteiger partial charge is 0.324 e. The van der Waals surface area contributed by atoms with Gasteiger partial charge in [-0.2, -0.15) is 0 Å². The second-order valence-corrected chi connectivity index (χ2v) is 5.42. The highest BCUT2D eigenvalue weighted by atomic mass is 32.2. The van der Waals surface area contributed by atoms with E-state index in [0.717, 1.165) is 0 Å². The third kappa shape index (κ3) is 4.16. The van der Waals surface area contributed by atoms with Crippen LogP contribution in [0.25, 0.3) is 0 Å². The van der Waals surface area contributed by atoms with Crippen molar-refractivity contribution < 1.29 is 17.9 Å². The Morgan fingerprint density at radius 2 is 2.35 bits per heavy atom. The Labute approximate surface area is 99.6 Å². The van der Waals surface area contributed by atoms with Gasteiger partial charge >= 0.3 is 5.97 Å². The highest BCUT2D eigenvalue weighted by Gasteiger charge is 2.24. The van der Waals surface area contributed by atoms with Crippen LogP contribution in [0.1, 0.15) is 12.6 Å². The minimum absolute atomic E-state index is 0.0938. The maximum atomic E-state index is 11.4. The zero-order valence-electron chi connectivity index (χ0n) is 9.63. The quantitative estimate of drug-likeness (QED) is 0.668. The summed E-state index contributed by atoms with van der Waals surface area (Å²) in [5.74, 6) is -0.722. The second kappa shape index (κ2) is 5.78. The molecule has 0 amide bonds. The van der Waals surface area contributed by atoms with Crippen LogP contribution in [0.15, 0.2) is 12.5 Å². The fourth-order valence-corrected chi connectivity index (χ4v) is 2.01. The van der Waals surface area contributed by atoms with Gasteiger partial charge in [0.15, 0.2) is 0 Å². The van der Waals surface area contributed by atoms with E-state index >= 15 is 0 Å². The number of H-pyrrole nitrogens is 1. The van der Waals surface area contributed by atoms with Gasteiger partial charge in [-0.05, 0) is 6.92 Å². The molecule has 0 bridgehead atoms. The van der Waals surface area contributed by atoms with Gasteiger partial charge < -0.3 is 9.72 Å². The monoisotopic (exact) mass is 261 g/mol. The van der Waals surface area contributed by atoms with Crippen LogP contribution in [0.5, 0.6) is 0 Å². The minimum atomic E-state index is -3.46. The number of methoxy groups -OCH3 is 1. The summed E-state index contributed by atoms with van der Waals surface area (Å²) in [7, 11) is -2.25. The van der Waals surface area contributed by atoms with Crippen LogP contribution in [-0.2, 0) is 26.0 Å². The van der Waals surface area contributed by atoms with Gasteiger partial charge in [0.25, 0.3) is 0 Å². The summed E-state index contributed by atoms with van der Waals surface area (Å²) in [5, 5.41) is 0. The van der Waals surface area contributed by atoms with Crippen LogP contribution >= 0.6 is 0 Å². The van der Waals surface area contributed by atoms with Crippen LogP contribution in [0.4, 0.5) is 0 Å². The maximum Gasteiger partial charge on any atom is 0.324 e. The van der Waals surface area contributed by atoms with Crippen LogP contribution in [0.2, 0.25) is 0 Å². The average Bonchev–Trinajstić information content (AvgIpc) is 2.79. The molecule has 0 aliphatic carbocycles. The number of nitrogens with zero attached hydrogens (tertiary/aromatic N) is 1. The molecule has 17 heavy (non-hydrogen) atoms. The van der Waals surface area contributed by atoms with Crippen LogP contribution in [-0.4, -0.2) is 43.3 Å². The maximum absolute atomic E-state index is 11.4. The van der Waals surface area contributed by atoms with E-state index < -0.39 is 22.0 Å². The lowest BCUT2D eigenvalue weighted by molar-refractivity contribution is -0.142. The zero-order valence-corrected chi connectivity index (χ0v) is 10.5. The SMILES string of the molecule is CCS(=O)(=O)N[C@@H](Cc1cnc[nH]1)C(=O)OC. The Kier molecular flexibility index (Phi) is 4.64. The van der Waals surface area contributed by atoms with Crippen LogP contribution in [0.3, 0.4) is 0 Å². The molecule has 2 N–H and O–H groups in total. The number of nitrogens with one attached hydrogen (secondary N) is 2. The molecule has 7 nitrogen and oxygen atoms in total. The number of aromatic nitrogens is 2. The van der Waals surface area contributed by atoms with Crippen molar-refractivity contribution in [3.8, 4) is 0 Å². The summed E-state index contributed by atoms with van der Waals surface area (Å²) in [6.45, 7) is 1.49. The standard InChI is InChI=1S/C9H15N3O4S/c1-3-17(14,15)12-8(9(13)16-2)4-7-5-10-6-11-7/h5-6,8,12H,3-4H2,1-2H3,(H,10,11)/t8-/m0/s1. The van der Waals surface area contributed by atoms with Gasteiger partial charge in [-0.3, -0.25) is 4.79 Å². The summed E-state index contributed by atoms with van der Waals surface area (Å²) in [5.41, 5.74) is 0.652. The Morgan fingerprint density at radius 3 is 2.82 bits per heavy atom. The lowest BCUT2D eigenvalue weighted by Crippen LogP contribution is -2.43. The number of imidazole rings is 1. The highest BCUT2D eigenvalue weighted by Crippen LogP contribution is 2.02. The molecule has 0 aromatic carbocycles. The normalized spacial score (nSPS) is 13.3. The van der Waals surface area contributed by atoms with E-state index in [1.807, 2.05) is 0 Å². The van der Waals surface area contributed by atoms with Gasteiger partial charge in [0.1, 0.15) is 6.04 Å². The van der Waals surface area contributed by atoms with Gasteiger partial charge in [-0.15, -0.1) is 0 Å². The molecule has 0 radical (unpaired) electrons. The molecule has 1 rings (SSSR count). The number of ether oxygens (including phenoxy) is 1. The molecule has 0 unspecified atom stereocenters. The first-order valence-electron chi connectivity index (χ1n) is 5.03. The molecule has 1 atom stereocenters. The van der Waals surface area contributed by atoms with E-state index in [0.29, 0.717) is 5.69 Å².